The number of rotatable bonds is 4. The van der Waals surface area contributed by atoms with Gasteiger partial charge in [0.1, 0.15) is 0 Å². The normalized spacial score (nSPS) is 10.7. The summed E-state index contributed by atoms with van der Waals surface area (Å²) in [4.78, 5) is 15.2. The summed E-state index contributed by atoms with van der Waals surface area (Å²) in [5.74, 6) is 0.0106. The molecule has 0 aliphatic carbocycles. The molecule has 1 amide bonds. The molecule has 3 nitrogen and oxygen atoms in total. The predicted molar refractivity (Wildman–Crippen MR) is 75.5 cm³/mol. The fourth-order valence-corrected chi connectivity index (χ4v) is 2.43. The Morgan fingerprint density at radius 3 is 3.06 bits per heavy atom. The topological polar surface area (TPSA) is 44.9 Å². The molecule has 0 saturated heterocycles. The lowest BCUT2D eigenvalue weighted by Gasteiger charge is -2.02. The molecule has 1 aromatic heterocycles. The smallest absolute Gasteiger partial charge is 0.216 e. The van der Waals surface area contributed by atoms with Crippen LogP contribution in [0.2, 0.25) is 0 Å². The van der Waals surface area contributed by atoms with Crippen molar-refractivity contribution in [1.82, 2.24) is 10.3 Å². The van der Waals surface area contributed by atoms with Gasteiger partial charge in [-0.3, -0.25) is 4.79 Å². The number of aromatic nitrogens is 1. The van der Waals surface area contributed by atoms with Crippen molar-refractivity contribution >= 4 is 39.3 Å². The molecular formula is C12H14N2OS2. The van der Waals surface area contributed by atoms with Crippen molar-refractivity contribution in [3.05, 3.63) is 30.0 Å². The van der Waals surface area contributed by atoms with Crippen LogP contribution in [0, 0.1) is 0 Å². The molecule has 0 bridgehead atoms. The maximum absolute atomic E-state index is 10.8. The van der Waals surface area contributed by atoms with Crippen LogP contribution in [0.25, 0.3) is 10.9 Å². The van der Waals surface area contributed by atoms with Gasteiger partial charge < -0.3 is 10.3 Å². The summed E-state index contributed by atoms with van der Waals surface area (Å²) in [7, 11) is 1.44. The Kier molecular flexibility index (Phi) is 4.02. The number of hydrogen-bond acceptors (Lipinski definition) is 3. The first-order valence-corrected chi connectivity index (χ1v) is 7.23. The molecule has 2 rings (SSSR count). The second-order valence-electron chi connectivity index (χ2n) is 3.85. The summed E-state index contributed by atoms with van der Waals surface area (Å²) in [5, 5.41) is 4.01. The average molecular weight is 266 g/mol. The molecule has 2 N–H and O–H groups in total. The minimum absolute atomic E-state index is 0.0106. The summed E-state index contributed by atoms with van der Waals surface area (Å²) >= 11 is 4.20. The Hall–Kier alpha value is -1.07. The van der Waals surface area contributed by atoms with Crippen LogP contribution in [-0.4, -0.2) is 17.4 Å². The number of hydrogen-bond donors (Lipinski definition) is 3. The fraction of sp³-hybridized carbons (Fsp3) is 0.250. The molecule has 90 valence electrons. The van der Waals surface area contributed by atoms with Crippen LogP contribution in [-0.2, 0) is 11.2 Å². The first kappa shape index (κ1) is 12.4. The zero-order valence-corrected chi connectivity index (χ0v) is 11.2. The molecule has 0 radical (unpaired) electrons. The maximum atomic E-state index is 10.8. The highest BCUT2D eigenvalue weighted by Crippen LogP contribution is 2.27. The number of amides is 1. The minimum atomic E-state index is 0.0106. The number of aromatic amines is 1. The second-order valence-corrected chi connectivity index (χ2v) is 5.05. The van der Waals surface area contributed by atoms with Crippen molar-refractivity contribution in [2.45, 2.75) is 18.2 Å². The van der Waals surface area contributed by atoms with Gasteiger partial charge in [0.2, 0.25) is 5.91 Å². The van der Waals surface area contributed by atoms with Crippen LogP contribution >= 0.6 is 22.5 Å². The predicted octanol–water partition coefficient (Wildman–Crippen LogP) is 2.78. The van der Waals surface area contributed by atoms with Gasteiger partial charge in [-0.15, -0.1) is 11.7 Å². The summed E-state index contributed by atoms with van der Waals surface area (Å²) < 4.78 is 0. The number of nitrogens with one attached hydrogen (secondary N) is 2. The molecular weight excluding hydrogens is 252 g/mol. The largest absolute Gasteiger partial charge is 0.361 e. The summed E-state index contributed by atoms with van der Waals surface area (Å²) in [5.41, 5.74) is 2.34. The highest BCUT2D eigenvalue weighted by Gasteiger charge is 2.04. The molecule has 17 heavy (non-hydrogen) atoms. The molecule has 0 atom stereocenters. The van der Waals surface area contributed by atoms with Gasteiger partial charge >= 0.3 is 0 Å². The zero-order valence-electron chi connectivity index (χ0n) is 9.49. The third kappa shape index (κ3) is 2.98. The Morgan fingerprint density at radius 2 is 2.35 bits per heavy atom. The van der Waals surface area contributed by atoms with Gasteiger partial charge in [-0.1, -0.05) is 10.8 Å². The van der Waals surface area contributed by atoms with Gasteiger partial charge in [-0.25, -0.2) is 0 Å². The molecule has 2 aromatic rings. The second kappa shape index (κ2) is 5.51. The van der Waals surface area contributed by atoms with Crippen molar-refractivity contribution in [2.24, 2.45) is 0 Å². The summed E-state index contributed by atoms with van der Waals surface area (Å²) in [6.45, 7) is 2.20. The maximum Gasteiger partial charge on any atom is 0.216 e. The molecule has 0 spiro atoms. The number of benzene rings is 1. The van der Waals surface area contributed by atoms with Crippen molar-refractivity contribution in [2.75, 3.05) is 6.54 Å². The number of carbonyl (C=O) groups is 1. The van der Waals surface area contributed by atoms with Crippen LogP contribution in [0.1, 0.15) is 12.5 Å². The molecule has 1 heterocycles. The van der Waals surface area contributed by atoms with Gasteiger partial charge in [-0.2, -0.15) is 0 Å². The summed E-state index contributed by atoms with van der Waals surface area (Å²) in [6, 6.07) is 6.20. The molecule has 0 unspecified atom stereocenters. The highest BCUT2D eigenvalue weighted by molar-refractivity contribution is 8.68. The number of fused-ring (bicyclic) bond motifs is 1. The molecule has 0 saturated carbocycles. The van der Waals surface area contributed by atoms with E-state index in [1.54, 1.807) is 0 Å². The van der Waals surface area contributed by atoms with Gasteiger partial charge in [-0.05, 0) is 30.2 Å². The van der Waals surface area contributed by atoms with Gasteiger partial charge in [0.05, 0.1) is 0 Å². The minimum Gasteiger partial charge on any atom is -0.361 e. The lowest BCUT2D eigenvalue weighted by Crippen LogP contribution is -2.22. The Morgan fingerprint density at radius 1 is 1.53 bits per heavy atom. The van der Waals surface area contributed by atoms with E-state index in [1.165, 1.54) is 28.7 Å². The van der Waals surface area contributed by atoms with Crippen LogP contribution in [0.15, 0.2) is 29.3 Å². The molecule has 0 fully saturated rings. The van der Waals surface area contributed by atoms with E-state index in [9.17, 15) is 4.79 Å². The Labute approximate surface area is 109 Å². The van der Waals surface area contributed by atoms with Crippen molar-refractivity contribution in [1.29, 1.82) is 0 Å². The van der Waals surface area contributed by atoms with Crippen LogP contribution < -0.4 is 5.32 Å². The van der Waals surface area contributed by atoms with Crippen LogP contribution in [0.4, 0.5) is 0 Å². The van der Waals surface area contributed by atoms with Crippen LogP contribution in [0.3, 0.4) is 0 Å². The van der Waals surface area contributed by atoms with E-state index < -0.39 is 0 Å². The molecule has 0 aliphatic rings. The van der Waals surface area contributed by atoms with E-state index in [4.69, 9.17) is 0 Å². The SMILES string of the molecule is CC(=O)NCCc1c[nH]c2ccc(SS)cc12. The Bertz CT molecular complexity index is 536. The first-order chi connectivity index (χ1) is 8.20. The Balaban J connectivity index is 2.19. The van der Waals surface area contributed by atoms with Crippen molar-refractivity contribution in [3.8, 4) is 0 Å². The van der Waals surface area contributed by atoms with Gasteiger partial charge in [0, 0.05) is 35.5 Å². The van der Waals surface area contributed by atoms with E-state index in [-0.39, 0.29) is 5.91 Å². The van der Waals surface area contributed by atoms with Gasteiger partial charge in [0.25, 0.3) is 0 Å². The average Bonchev–Trinajstić information content (AvgIpc) is 2.71. The number of H-pyrrole nitrogens is 1. The van der Waals surface area contributed by atoms with Crippen molar-refractivity contribution in [3.63, 3.8) is 0 Å². The number of thiol groups is 1. The van der Waals surface area contributed by atoms with E-state index >= 15 is 0 Å². The zero-order chi connectivity index (χ0) is 12.3. The van der Waals surface area contributed by atoms with E-state index in [0.717, 1.165) is 16.8 Å². The summed E-state index contributed by atoms with van der Waals surface area (Å²) in [6.07, 6.45) is 2.83. The quantitative estimate of drug-likeness (QED) is 0.588. The standard InChI is InChI=1S/C12H14N2OS2/c1-8(15)13-5-4-9-7-14-12-3-2-10(17-16)6-11(9)12/h2-3,6-7,14,16H,4-5H2,1H3,(H,13,15). The molecule has 0 aliphatic heterocycles. The third-order valence-corrected chi connectivity index (χ3v) is 3.71. The van der Waals surface area contributed by atoms with Gasteiger partial charge in [0.15, 0.2) is 0 Å². The van der Waals surface area contributed by atoms with Crippen LogP contribution in [0.5, 0.6) is 0 Å². The number of carbonyl (C=O) groups excluding carboxylic acids is 1. The van der Waals surface area contributed by atoms with E-state index in [0.29, 0.717) is 6.54 Å². The van der Waals surface area contributed by atoms with E-state index in [1.807, 2.05) is 12.3 Å². The lowest BCUT2D eigenvalue weighted by molar-refractivity contribution is -0.118. The van der Waals surface area contributed by atoms with E-state index in [2.05, 4.69) is 34.1 Å². The highest BCUT2D eigenvalue weighted by atomic mass is 33.1. The monoisotopic (exact) mass is 266 g/mol. The lowest BCUT2D eigenvalue weighted by atomic mass is 10.1. The first-order valence-electron chi connectivity index (χ1n) is 5.36. The third-order valence-electron chi connectivity index (χ3n) is 2.61. The van der Waals surface area contributed by atoms with Crippen molar-refractivity contribution < 1.29 is 4.79 Å². The fourth-order valence-electron chi connectivity index (χ4n) is 1.79. The molecule has 5 heteroatoms. The molecule has 1 aromatic carbocycles.